The highest BCUT2D eigenvalue weighted by Crippen LogP contribution is 2.23. The molecule has 0 saturated heterocycles. The number of amides is 3. The number of carboxylic acids is 1. The molecule has 8 nitrogen and oxygen atoms in total. The maximum absolute atomic E-state index is 12.3. The molecule has 0 saturated carbocycles. The predicted octanol–water partition coefficient (Wildman–Crippen LogP) is 3.23. The molecule has 158 valence electrons. The van der Waals surface area contributed by atoms with Gasteiger partial charge in [0.05, 0.1) is 12.2 Å². The lowest BCUT2D eigenvalue weighted by atomic mass is 10.0. The van der Waals surface area contributed by atoms with Crippen LogP contribution in [0, 0.1) is 0 Å². The van der Waals surface area contributed by atoms with E-state index in [1.165, 1.54) is 7.05 Å². The quantitative estimate of drug-likeness (QED) is 0.545. The number of nitrogens with one attached hydrogen (secondary N) is 2. The van der Waals surface area contributed by atoms with E-state index in [0.29, 0.717) is 17.8 Å². The summed E-state index contributed by atoms with van der Waals surface area (Å²) in [4.78, 5) is 40.5. The Kier molecular flexibility index (Phi) is 6.95. The minimum absolute atomic E-state index is 0.318. The summed E-state index contributed by atoms with van der Waals surface area (Å²) < 4.78 is 0. The molecule has 0 spiro atoms. The van der Waals surface area contributed by atoms with Gasteiger partial charge in [-0.1, -0.05) is 30.3 Å². The standard InChI is InChI=1S/C23H22N4O4/c1-27(15-21(28)29)22(30)17-10-8-16(9-11-17)18-5-4-7-19(13-18)26-23(31)25-14-20-6-2-3-12-24-20/h2-13H,14-15H2,1H3,(H,28,29)(H2,25,26,31). The van der Waals surface area contributed by atoms with Crippen molar-refractivity contribution in [3.8, 4) is 11.1 Å². The number of anilines is 1. The summed E-state index contributed by atoms with van der Waals surface area (Å²) in [7, 11) is 1.44. The van der Waals surface area contributed by atoms with Crippen LogP contribution in [0.3, 0.4) is 0 Å². The number of benzene rings is 2. The van der Waals surface area contributed by atoms with E-state index >= 15 is 0 Å². The van der Waals surface area contributed by atoms with Gasteiger partial charge in [-0.15, -0.1) is 0 Å². The van der Waals surface area contributed by atoms with E-state index in [0.717, 1.165) is 21.7 Å². The summed E-state index contributed by atoms with van der Waals surface area (Å²) in [6.45, 7) is -0.0467. The number of likely N-dealkylation sites (N-methyl/N-ethyl adjacent to an activating group) is 1. The summed E-state index contributed by atoms with van der Waals surface area (Å²) in [5, 5.41) is 14.4. The molecule has 3 N–H and O–H groups in total. The van der Waals surface area contributed by atoms with E-state index in [-0.39, 0.29) is 18.5 Å². The second-order valence-corrected chi connectivity index (χ2v) is 6.84. The number of carbonyl (C=O) groups excluding carboxylic acids is 2. The first-order chi connectivity index (χ1) is 14.9. The smallest absolute Gasteiger partial charge is 0.323 e. The van der Waals surface area contributed by atoms with Crippen molar-refractivity contribution in [2.75, 3.05) is 18.9 Å². The molecule has 0 radical (unpaired) electrons. The normalized spacial score (nSPS) is 10.2. The van der Waals surface area contributed by atoms with Crippen LogP contribution in [0.5, 0.6) is 0 Å². The highest BCUT2D eigenvalue weighted by molar-refractivity contribution is 5.96. The van der Waals surface area contributed by atoms with E-state index in [1.54, 1.807) is 36.5 Å². The largest absolute Gasteiger partial charge is 0.480 e. The molecule has 8 heteroatoms. The Morgan fingerprint density at radius 3 is 2.42 bits per heavy atom. The van der Waals surface area contributed by atoms with Gasteiger partial charge in [0, 0.05) is 24.5 Å². The van der Waals surface area contributed by atoms with Crippen LogP contribution in [-0.4, -0.2) is 46.5 Å². The predicted molar refractivity (Wildman–Crippen MR) is 117 cm³/mol. The van der Waals surface area contributed by atoms with Crippen LogP contribution in [-0.2, 0) is 11.3 Å². The Bertz CT molecular complexity index is 1070. The third kappa shape index (κ3) is 6.14. The summed E-state index contributed by atoms with van der Waals surface area (Å²) >= 11 is 0. The van der Waals surface area contributed by atoms with E-state index < -0.39 is 5.97 Å². The number of aliphatic carboxylic acids is 1. The number of nitrogens with zero attached hydrogens (tertiary/aromatic N) is 2. The number of carboxylic acid groups (broad SMARTS) is 1. The zero-order valence-corrected chi connectivity index (χ0v) is 16.9. The molecule has 2 aromatic carbocycles. The van der Waals surface area contributed by atoms with Gasteiger partial charge in [0.25, 0.3) is 5.91 Å². The molecule has 0 unspecified atom stereocenters. The molecule has 1 aromatic heterocycles. The van der Waals surface area contributed by atoms with E-state index in [1.807, 2.05) is 36.4 Å². The van der Waals surface area contributed by atoms with Crippen molar-refractivity contribution >= 4 is 23.6 Å². The monoisotopic (exact) mass is 418 g/mol. The minimum atomic E-state index is -1.07. The minimum Gasteiger partial charge on any atom is -0.480 e. The van der Waals surface area contributed by atoms with Crippen LogP contribution in [0.15, 0.2) is 72.9 Å². The average Bonchev–Trinajstić information content (AvgIpc) is 2.78. The molecular weight excluding hydrogens is 396 g/mol. The van der Waals surface area contributed by atoms with E-state index in [4.69, 9.17) is 5.11 Å². The van der Waals surface area contributed by atoms with Gasteiger partial charge in [0.1, 0.15) is 6.54 Å². The summed E-state index contributed by atoms with van der Waals surface area (Å²) in [5.41, 5.74) is 3.50. The third-order valence-electron chi connectivity index (χ3n) is 4.46. The lowest BCUT2D eigenvalue weighted by molar-refractivity contribution is -0.137. The third-order valence-corrected chi connectivity index (χ3v) is 4.46. The molecular formula is C23H22N4O4. The Balaban J connectivity index is 1.63. The first-order valence-electron chi connectivity index (χ1n) is 9.55. The fourth-order valence-electron chi connectivity index (χ4n) is 2.93. The van der Waals surface area contributed by atoms with Gasteiger partial charge in [-0.25, -0.2) is 4.79 Å². The molecule has 0 fully saturated rings. The van der Waals surface area contributed by atoms with Crippen molar-refractivity contribution in [3.05, 3.63) is 84.2 Å². The van der Waals surface area contributed by atoms with Crippen LogP contribution >= 0.6 is 0 Å². The summed E-state index contributed by atoms with van der Waals surface area (Å²) in [5.74, 6) is -1.44. The Morgan fingerprint density at radius 2 is 1.74 bits per heavy atom. The van der Waals surface area contributed by atoms with Gasteiger partial charge in [-0.2, -0.15) is 0 Å². The molecule has 0 aliphatic heterocycles. The Labute approximate surface area is 179 Å². The highest BCUT2D eigenvalue weighted by atomic mass is 16.4. The molecule has 0 aliphatic carbocycles. The lowest BCUT2D eigenvalue weighted by Gasteiger charge is -2.14. The van der Waals surface area contributed by atoms with Gasteiger partial charge < -0.3 is 20.6 Å². The van der Waals surface area contributed by atoms with Crippen molar-refractivity contribution in [1.29, 1.82) is 0 Å². The van der Waals surface area contributed by atoms with Gasteiger partial charge >= 0.3 is 12.0 Å². The maximum atomic E-state index is 12.3. The zero-order chi connectivity index (χ0) is 22.2. The SMILES string of the molecule is CN(CC(=O)O)C(=O)c1ccc(-c2cccc(NC(=O)NCc3ccccn3)c2)cc1. The van der Waals surface area contributed by atoms with Crippen LogP contribution < -0.4 is 10.6 Å². The topological polar surface area (TPSA) is 112 Å². The lowest BCUT2D eigenvalue weighted by Crippen LogP contribution is -2.31. The van der Waals surface area contributed by atoms with Gasteiger partial charge in [-0.3, -0.25) is 14.6 Å². The summed E-state index contributed by atoms with van der Waals surface area (Å²) in [6.07, 6.45) is 1.67. The van der Waals surface area contributed by atoms with Crippen LogP contribution in [0.1, 0.15) is 16.1 Å². The van der Waals surface area contributed by atoms with Gasteiger partial charge in [0.15, 0.2) is 0 Å². The number of rotatable bonds is 7. The van der Waals surface area contributed by atoms with Gasteiger partial charge in [0.2, 0.25) is 0 Å². The van der Waals surface area contributed by atoms with Crippen molar-refractivity contribution in [1.82, 2.24) is 15.2 Å². The van der Waals surface area contributed by atoms with E-state index in [2.05, 4.69) is 15.6 Å². The van der Waals surface area contributed by atoms with Crippen molar-refractivity contribution in [2.24, 2.45) is 0 Å². The molecule has 3 amide bonds. The molecule has 0 bridgehead atoms. The molecule has 0 atom stereocenters. The highest BCUT2D eigenvalue weighted by Gasteiger charge is 2.14. The number of hydrogen-bond donors (Lipinski definition) is 3. The van der Waals surface area contributed by atoms with Crippen molar-refractivity contribution in [3.63, 3.8) is 0 Å². The maximum Gasteiger partial charge on any atom is 0.323 e. The van der Waals surface area contributed by atoms with Crippen LogP contribution in [0.4, 0.5) is 10.5 Å². The summed E-state index contributed by atoms with van der Waals surface area (Å²) in [6, 6.07) is 19.3. The number of urea groups is 1. The first-order valence-corrected chi connectivity index (χ1v) is 9.55. The average molecular weight is 418 g/mol. The molecule has 31 heavy (non-hydrogen) atoms. The fraction of sp³-hybridized carbons (Fsp3) is 0.130. The zero-order valence-electron chi connectivity index (χ0n) is 16.9. The first kappa shape index (κ1) is 21.5. The number of aromatic nitrogens is 1. The second-order valence-electron chi connectivity index (χ2n) is 6.84. The fourth-order valence-corrected chi connectivity index (χ4v) is 2.93. The Morgan fingerprint density at radius 1 is 0.968 bits per heavy atom. The molecule has 0 aliphatic rings. The van der Waals surface area contributed by atoms with Crippen LogP contribution in [0.25, 0.3) is 11.1 Å². The Hall–Kier alpha value is -4.20. The second kappa shape index (κ2) is 10.0. The van der Waals surface area contributed by atoms with Gasteiger partial charge in [-0.05, 0) is 47.5 Å². The number of pyridine rings is 1. The molecule has 3 rings (SSSR count). The van der Waals surface area contributed by atoms with Crippen molar-refractivity contribution in [2.45, 2.75) is 6.54 Å². The molecule has 3 aromatic rings. The van der Waals surface area contributed by atoms with Crippen molar-refractivity contribution < 1.29 is 19.5 Å². The molecule has 1 heterocycles. The number of carbonyl (C=O) groups is 3. The van der Waals surface area contributed by atoms with E-state index in [9.17, 15) is 14.4 Å². The van der Waals surface area contributed by atoms with Crippen LogP contribution in [0.2, 0.25) is 0 Å². The number of hydrogen-bond acceptors (Lipinski definition) is 4.